The van der Waals surface area contributed by atoms with E-state index >= 15 is 0 Å². The van der Waals surface area contributed by atoms with Crippen LogP contribution in [0.25, 0.3) is 10.9 Å². The predicted molar refractivity (Wildman–Crippen MR) is 131 cm³/mol. The van der Waals surface area contributed by atoms with Crippen LogP contribution in [0.2, 0.25) is 0 Å². The molecule has 2 aliphatic carbocycles. The van der Waals surface area contributed by atoms with E-state index in [4.69, 9.17) is 0 Å². The zero-order valence-corrected chi connectivity index (χ0v) is 20.3. The van der Waals surface area contributed by atoms with Gasteiger partial charge in [0.05, 0.1) is 10.8 Å². The fourth-order valence-electron chi connectivity index (χ4n) is 6.27. The van der Waals surface area contributed by atoms with Gasteiger partial charge in [-0.15, -0.1) is 11.8 Å². The molecule has 5 rings (SSSR count). The van der Waals surface area contributed by atoms with E-state index in [1.54, 1.807) is 4.57 Å². The van der Waals surface area contributed by atoms with Gasteiger partial charge in [-0.25, -0.2) is 0 Å². The Morgan fingerprint density at radius 3 is 2.78 bits per heavy atom. The molecule has 0 radical (unpaired) electrons. The van der Waals surface area contributed by atoms with Gasteiger partial charge >= 0.3 is 0 Å². The average Bonchev–Trinajstić information content (AvgIpc) is 3.23. The lowest BCUT2D eigenvalue weighted by Crippen LogP contribution is -2.44. The van der Waals surface area contributed by atoms with E-state index in [0.29, 0.717) is 11.2 Å². The summed E-state index contributed by atoms with van der Waals surface area (Å²) in [7, 11) is 1.86. The first-order valence-electron chi connectivity index (χ1n) is 12.3. The number of hydrogen-bond acceptors (Lipinski definition) is 4. The lowest BCUT2D eigenvalue weighted by atomic mass is 9.74. The van der Waals surface area contributed by atoms with Gasteiger partial charge in [0.25, 0.3) is 5.56 Å². The van der Waals surface area contributed by atoms with Crippen LogP contribution in [0.4, 0.5) is 0 Å². The number of fused-ring (bicyclic) bond motifs is 2. The Kier molecular flexibility index (Phi) is 6.08. The van der Waals surface area contributed by atoms with Crippen LogP contribution in [0.5, 0.6) is 0 Å². The molecule has 1 N–H and O–H groups in total. The number of aryl methyl sites for hydroxylation is 2. The van der Waals surface area contributed by atoms with E-state index in [0.717, 1.165) is 53.8 Å². The summed E-state index contributed by atoms with van der Waals surface area (Å²) < 4.78 is 1.77. The molecule has 6 atom stereocenters. The van der Waals surface area contributed by atoms with Crippen molar-refractivity contribution in [2.45, 2.75) is 87.7 Å². The van der Waals surface area contributed by atoms with Crippen molar-refractivity contribution in [1.29, 1.82) is 0 Å². The summed E-state index contributed by atoms with van der Waals surface area (Å²) in [4.78, 5) is 30.8. The second kappa shape index (κ2) is 8.85. The lowest BCUT2D eigenvalue weighted by molar-refractivity contribution is -0.121. The Balaban J connectivity index is 1.33. The van der Waals surface area contributed by atoms with Crippen LogP contribution in [0, 0.1) is 18.8 Å². The molecule has 1 amide bonds. The summed E-state index contributed by atoms with van der Waals surface area (Å²) in [5.41, 5.74) is 2.80. The molecule has 6 heteroatoms. The summed E-state index contributed by atoms with van der Waals surface area (Å²) >= 11 is 1.92. The molecule has 1 aliphatic heterocycles. The number of thioether (sulfide) groups is 1. The molecular formula is C26H35N3O2S. The SMILES string of the molecule is Cc1cc2c(cn1)cc(C1CC(NC(=O)C3CC4CCCCC4S3)CCC1C)c(=O)n2C. The van der Waals surface area contributed by atoms with Crippen LogP contribution in [0.1, 0.15) is 75.5 Å². The summed E-state index contributed by atoms with van der Waals surface area (Å²) in [6, 6.07) is 4.18. The van der Waals surface area contributed by atoms with Gasteiger partial charge in [-0.1, -0.05) is 19.8 Å². The van der Waals surface area contributed by atoms with Crippen molar-refractivity contribution in [2.75, 3.05) is 0 Å². The van der Waals surface area contributed by atoms with Gasteiger partial charge in [0, 0.05) is 41.2 Å². The highest BCUT2D eigenvalue weighted by atomic mass is 32.2. The van der Waals surface area contributed by atoms with Crippen LogP contribution in [-0.4, -0.2) is 32.0 Å². The molecule has 0 bridgehead atoms. The molecule has 2 saturated carbocycles. The minimum absolute atomic E-state index is 0.0855. The maximum absolute atomic E-state index is 13.3. The van der Waals surface area contributed by atoms with E-state index in [2.05, 4.69) is 17.2 Å². The second-order valence-corrected chi connectivity index (χ2v) is 11.8. The van der Waals surface area contributed by atoms with Crippen molar-refractivity contribution in [2.24, 2.45) is 18.9 Å². The third-order valence-corrected chi connectivity index (χ3v) is 9.91. The molecule has 0 aromatic carbocycles. The molecule has 1 saturated heterocycles. The van der Waals surface area contributed by atoms with Gasteiger partial charge < -0.3 is 9.88 Å². The zero-order chi connectivity index (χ0) is 22.4. The Bertz CT molecular complexity index is 1070. The molecule has 3 heterocycles. The monoisotopic (exact) mass is 453 g/mol. The Morgan fingerprint density at radius 1 is 1.16 bits per heavy atom. The van der Waals surface area contributed by atoms with Crippen molar-refractivity contribution < 1.29 is 4.79 Å². The lowest BCUT2D eigenvalue weighted by Gasteiger charge is -2.35. The number of carbonyl (C=O) groups excluding carboxylic acids is 1. The highest BCUT2D eigenvalue weighted by Gasteiger charge is 2.40. The maximum Gasteiger partial charge on any atom is 0.254 e. The number of aromatic nitrogens is 2. The predicted octanol–water partition coefficient (Wildman–Crippen LogP) is 4.69. The van der Waals surface area contributed by atoms with Crippen molar-refractivity contribution in [3.63, 3.8) is 0 Å². The topological polar surface area (TPSA) is 64.0 Å². The fourth-order valence-corrected chi connectivity index (χ4v) is 8.01. The molecule has 6 unspecified atom stereocenters. The molecule has 2 aromatic heterocycles. The van der Waals surface area contributed by atoms with E-state index in [1.165, 1.54) is 25.7 Å². The van der Waals surface area contributed by atoms with Crippen LogP contribution < -0.4 is 10.9 Å². The number of pyridine rings is 2. The van der Waals surface area contributed by atoms with Gasteiger partial charge in [-0.2, -0.15) is 0 Å². The Labute approximate surface area is 194 Å². The first-order chi connectivity index (χ1) is 15.4. The first-order valence-corrected chi connectivity index (χ1v) is 13.3. The highest BCUT2D eigenvalue weighted by molar-refractivity contribution is 8.01. The molecule has 172 valence electrons. The van der Waals surface area contributed by atoms with E-state index < -0.39 is 0 Å². The minimum Gasteiger partial charge on any atom is -0.352 e. The quantitative estimate of drug-likeness (QED) is 0.732. The molecular weight excluding hydrogens is 418 g/mol. The standard InChI is InChI=1S/C26H35N3O2S/c1-15-8-9-19(28-25(30)24-12-17-6-4-5-7-23(17)32-24)13-20(15)21-11-18-14-27-16(2)10-22(18)29(3)26(21)31/h10-11,14-15,17,19-20,23-24H,4-9,12-13H2,1-3H3,(H,28,30). The first kappa shape index (κ1) is 22.0. The summed E-state index contributed by atoms with van der Waals surface area (Å²) in [6.45, 7) is 4.20. The van der Waals surface area contributed by atoms with E-state index in [9.17, 15) is 9.59 Å². The van der Waals surface area contributed by atoms with Crippen LogP contribution in [0.15, 0.2) is 23.1 Å². The van der Waals surface area contributed by atoms with Crippen molar-refractivity contribution in [1.82, 2.24) is 14.9 Å². The number of amides is 1. The normalized spacial score (nSPS) is 32.6. The van der Waals surface area contributed by atoms with Crippen molar-refractivity contribution >= 4 is 28.6 Å². The second-order valence-electron chi connectivity index (χ2n) is 10.4. The van der Waals surface area contributed by atoms with Crippen LogP contribution >= 0.6 is 11.8 Å². The van der Waals surface area contributed by atoms with Crippen molar-refractivity contribution in [3.05, 3.63) is 39.9 Å². The average molecular weight is 454 g/mol. The summed E-state index contributed by atoms with van der Waals surface area (Å²) in [5, 5.41) is 5.20. The number of rotatable bonds is 3. The van der Waals surface area contributed by atoms with Gasteiger partial charge in [-0.3, -0.25) is 14.6 Å². The molecule has 32 heavy (non-hydrogen) atoms. The molecule has 3 aliphatic rings. The minimum atomic E-state index is 0.0855. The van der Waals surface area contributed by atoms with Crippen LogP contribution in [0.3, 0.4) is 0 Å². The van der Waals surface area contributed by atoms with Gasteiger partial charge in [-0.05, 0) is 75.3 Å². The molecule has 3 fully saturated rings. The largest absolute Gasteiger partial charge is 0.352 e. The number of nitrogens with zero attached hydrogens (tertiary/aromatic N) is 2. The molecule has 2 aromatic rings. The third-order valence-electron chi connectivity index (χ3n) is 8.20. The number of carbonyl (C=O) groups is 1. The summed E-state index contributed by atoms with van der Waals surface area (Å²) in [5.74, 6) is 1.56. The summed E-state index contributed by atoms with van der Waals surface area (Å²) in [6.07, 6.45) is 11.0. The highest BCUT2D eigenvalue weighted by Crippen LogP contribution is 2.46. The molecule has 0 spiro atoms. The Morgan fingerprint density at radius 2 is 1.97 bits per heavy atom. The van der Waals surface area contributed by atoms with Gasteiger partial charge in [0.2, 0.25) is 5.91 Å². The number of nitrogens with one attached hydrogen (secondary N) is 1. The fraction of sp³-hybridized carbons (Fsp3) is 0.654. The third kappa shape index (κ3) is 4.11. The zero-order valence-electron chi connectivity index (χ0n) is 19.5. The van der Waals surface area contributed by atoms with Crippen molar-refractivity contribution in [3.8, 4) is 0 Å². The van der Waals surface area contributed by atoms with Gasteiger partial charge in [0.15, 0.2) is 0 Å². The molecule has 5 nitrogen and oxygen atoms in total. The smallest absolute Gasteiger partial charge is 0.254 e. The van der Waals surface area contributed by atoms with E-state index in [1.807, 2.05) is 44.1 Å². The van der Waals surface area contributed by atoms with E-state index in [-0.39, 0.29) is 28.7 Å². The maximum atomic E-state index is 13.3. The number of hydrogen-bond donors (Lipinski definition) is 1. The Hall–Kier alpha value is -1.82. The van der Waals surface area contributed by atoms with Gasteiger partial charge in [0.1, 0.15) is 0 Å². The van der Waals surface area contributed by atoms with Crippen LogP contribution in [-0.2, 0) is 11.8 Å².